The van der Waals surface area contributed by atoms with Gasteiger partial charge >= 0.3 is 0 Å². The molecule has 4 aliphatic heterocycles. The average Bonchev–Trinajstić information content (AvgIpc) is 1.21. The molecule has 4 aliphatic rings. The molecule has 17 unspecified atom stereocenters. The number of hydrogen-bond acceptors (Lipinski definition) is 28. The number of nitrogens with one attached hydrogen (secondary N) is 9. The van der Waals surface area contributed by atoms with E-state index in [1.807, 2.05) is 0 Å². The molecule has 105 heavy (non-hydrogen) atoms. The van der Waals surface area contributed by atoms with Crippen molar-refractivity contribution in [2.75, 3.05) is 72.4 Å². The van der Waals surface area contributed by atoms with E-state index in [-0.39, 0.29) is 84.6 Å². The summed E-state index contributed by atoms with van der Waals surface area (Å²) < 4.78 is 39.9. The zero-order chi connectivity index (χ0) is 77.4. The first-order valence-corrected chi connectivity index (χ1v) is 37.5. The molecular weight excluding hydrogens is 1390 g/mol. The highest BCUT2D eigenvalue weighted by molar-refractivity contribution is 5.90. The highest BCUT2D eigenvalue weighted by atomic mass is 16.7. The zero-order valence-electron chi connectivity index (χ0n) is 61.5. The maximum Gasteiger partial charge on any atom is 0.242 e. The molecule has 4 fully saturated rings. The van der Waals surface area contributed by atoms with Crippen LogP contribution in [0.4, 0.5) is 0 Å². The summed E-state index contributed by atoms with van der Waals surface area (Å²) in [5, 5.41) is 147. The standard InChI is InChI=1S/C69H125N9O27/c1-41(83)74-55-61(93)58(90)48(38-80)103-66(55)99-33-21-13-10-17-29-70-52(87)27-25-44(64(96)71-30-18-11-14-22-34-100-67-56(75-42(2)84)62(94)59(91)49(39-81)104-67)78-54(89)28-26-45(65(97)72-31-19-12-15-23-35-101-68-57(76-43(3)85)63(95)60(92)50(40-82)105-68)77-53(88)24-16-8-6-5-7-9-20-32-73-69(4,98)51-36-46(86)47(37-79)102-51/h44-51,55-63,66-68,73,79-82,86,90-95,98H,5-40H2,1-4H3,(H,70,87)(H,71,96)(H,72,97)(H,74,83)(H,75,84)(H,76,85)(H,77,88)(H,78,89)/t44?,45?,46-,47+,48?,49?,50?,51-,55?,56?,57?,58?,59?,60?,61?,62?,63?,66?,67?,68?,69+/m0/s1. The van der Waals surface area contributed by atoms with Gasteiger partial charge in [-0.05, 0) is 77.7 Å². The lowest BCUT2D eigenvalue weighted by molar-refractivity contribution is -0.270. The third kappa shape index (κ3) is 33.8. The Hall–Kier alpha value is -5.04. The maximum atomic E-state index is 13.9. The van der Waals surface area contributed by atoms with Crippen molar-refractivity contribution in [2.24, 2.45) is 0 Å². The number of amides is 8. The molecule has 8 amide bonds. The number of carbonyl (C=O) groups excluding carboxylic acids is 8. The third-order valence-corrected chi connectivity index (χ3v) is 19.0. The van der Waals surface area contributed by atoms with Gasteiger partial charge in [0.05, 0.1) is 32.5 Å². The number of rotatable bonds is 53. The smallest absolute Gasteiger partial charge is 0.242 e. The van der Waals surface area contributed by atoms with Crippen molar-refractivity contribution in [3.05, 3.63) is 0 Å². The molecule has 0 saturated carbocycles. The van der Waals surface area contributed by atoms with Crippen LogP contribution in [-0.4, -0.2) is 309 Å². The highest BCUT2D eigenvalue weighted by Gasteiger charge is 2.49. The quantitative estimate of drug-likeness (QED) is 0.0201. The van der Waals surface area contributed by atoms with Crippen LogP contribution in [0.5, 0.6) is 0 Å². The van der Waals surface area contributed by atoms with Crippen LogP contribution in [0.3, 0.4) is 0 Å². The van der Waals surface area contributed by atoms with Gasteiger partial charge in [0.1, 0.15) is 103 Å². The fraction of sp³-hybridized carbons (Fsp3) is 0.884. The van der Waals surface area contributed by atoms with Crippen LogP contribution in [-0.2, 0) is 71.5 Å². The van der Waals surface area contributed by atoms with Crippen molar-refractivity contribution in [2.45, 2.75) is 316 Å². The number of hydrogen-bond donors (Lipinski definition) is 21. The second-order valence-corrected chi connectivity index (χ2v) is 27.9. The van der Waals surface area contributed by atoms with E-state index >= 15 is 0 Å². The lowest BCUT2D eigenvalue weighted by Gasteiger charge is -2.42. The van der Waals surface area contributed by atoms with Crippen molar-refractivity contribution in [3.8, 4) is 0 Å². The maximum absolute atomic E-state index is 13.9. The Bertz CT molecular complexity index is 2540. The summed E-state index contributed by atoms with van der Waals surface area (Å²) in [6.07, 6.45) is -5.96. The number of aliphatic hydroxyl groups excluding tert-OH is 11. The molecule has 4 heterocycles. The van der Waals surface area contributed by atoms with E-state index in [4.69, 9.17) is 33.2 Å². The Morgan fingerprint density at radius 1 is 0.400 bits per heavy atom. The molecule has 0 aromatic carbocycles. The van der Waals surface area contributed by atoms with Gasteiger partial charge < -0.3 is 137 Å². The molecule has 0 aromatic heterocycles. The van der Waals surface area contributed by atoms with E-state index in [0.717, 1.165) is 38.5 Å². The van der Waals surface area contributed by atoms with Gasteiger partial charge in [0, 0.05) is 85.9 Å². The number of aliphatic hydroxyl groups is 12. The molecule has 21 N–H and O–H groups in total. The SMILES string of the molecule is CC(=O)NC1C(OCCCCCCNC(=O)CCC(NC(=O)CCC(NC(=O)CCCCCCCCCN[C@](C)(O)[C@@H]2C[C@H](O)[C@@H](CO)O2)C(=O)NCCCCCCOC2OC(CO)C(O)C(O)C2NC(C)=O)C(=O)NCCCCCCOC2OC(CO)C(O)C(O)C2NC(C)=O)OC(CO)C(O)C1O. The average molecular weight is 1510 g/mol. The third-order valence-electron chi connectivity index (χ3n) is 19.0. The van der Waals surface area contributed by atoms with Crippen molar-refractivity contribution < 1.29 is 133 Å². The van der Waals surface area contributed by atoms with Gasteiger partial charge in [-0.1, -0.05) is 70.6 Å². The Labute approximate surface area is 614 Å². The summed E-state index contributed by atoms with van der Waals surface area (Å²) in [6, 6.07) is -5.62. The minimum Gasteiger partial charge on any atom is -0.394 e. The first kappa shape index (κ1) is 92.3. The Morgan fingerprint density at radius 2 is 0.724 bits per heavy atom. The van der Waals surface area contributed by atoms with Gasteiger partial charge in [0.2, 0.25) is 47.3 Å². The molecule has 0 aliphatic carbocycles. The second kappa shape index (κ2) is 50.6. The van der Waals surface area contributed by atoms with E-state index in [9.17, 15) is 99.6 Å². The van der Waals surface area contributed by atoms with Crippen molar-refractivity contribution in [1.29, 1.82) is 0 Å². The van der Waals surface area contributed by atoms with Crippen molar-refractivity contribution >= 4 is 47.3 Å². The summed E-state index contributed by atoms with van der Waals surface area (Å²) in [5.41, 5.74) is -1.38. The largest absolute Gasteiger partial charge is 0.394 e. The molecule has 36 nitrogen and oxygen atoms in total. The number of unbranched alkanes of at least 4 members (excludes halogenated alkanes) is 15. The van der Waals surface area contributed by atoms with E-state index in [2.05, 4.69) is 47.9 Å². The lowest BCUT2D eigenvalue weighted by Crippen LogP contribution is -2.64. The molecule has 0 spiro atoms. The lowest BCUT2D eigenvalue weighted by atomic mass is 9.97. The van der Waals surface area contributed by atoms with E-state index in [0.29, 0.717) is 90.0 Å². The van der Waals surface area contributed by atoms with Gasteiger partial charge in [-0.2, -0.15) is 0 Å². The molecule has 4 saturated heterocycles. The summed E-state index contributed by atoms with van der Waals surface area (Å²) >= 11 is 0. The van der Waals surface area contributed by atoms with Gasteiger partial charge in [-0.25, -0.2) is 0 Å². The van der Waals surface area contributed by atoms with Gasteiger partial charge in [0.25, 0.3) is 0 Å². The molecule has 0 radical (unpaired) electrons. The minimum atomic E-state index is -1.47. The summed E-state index contributed by atoms with van der Waals surface area (Å²) in [6.45, 7) is 4.74. The first-order valence-electron chi connectivity index (χ1n) is 37.5. The first-order chi connectivity index (χ1) is 50.2. The molecule has 21 atom stereocenters. The van der Waals surface area contributed by atoms with Crippen LogP contribution in [0.2, 0.25) is 0 Å². The van der Waals surface area contributed by atoms with Gasteiger partial charge in [-0.3, -0.25) is 43.7 Å². The van der Waals surface area contributed by atoms with E-state index in [1.165, 1.54) is 20.8 Å². The van der Waals surface area contributed by atoms with Crippen LogP contribution in [0, 0.1) is 0 Å². The summed E-state index contributed by atoms with van der Waals surface area (Å²) in [4.78, 5) is 104. The topological polar surface area (TPSA) is 552 Å². The monoisotopic (exact) mass is 1510 g/mol. The molecule has 4 rings (SSSR count). The predicted octanol–water partition coefficient (Wildman–Crippen LogP) is -4.64. The molecule has 608 valence electrons. The Balaban J connectivity index is 1.32. The van der Waals surface area contributed by atoms with Crippen LogP contribution < -0.4 is 47.9 Å². The fourth-order valence-corrected chi connectivity index (χ4v) is 12.8. The Morgan fingerprint density at radius 3 is 1.09 bits per heavy atom. The van der Waals surface area contributed by atoms with Gasteiger partial charge in [0.15, 0.2) is 18.9 Å². The molecule has 36 heteroatoms. The molecular formula is C69H125N9O27. The minimum absolute atomic E-state index is 0.0976. The predicted molar refractivity (Wildman–Crippen MR) is 373 cm³/mol. The number of carbonyl (C=O) groups is 8. The second-order valence-electron chi connectivity index (χ2n) is 27.9. The van der Waals surface area contributed by atoms with E-state index in [1.54, 1.807) is 6.92 Å². The summed E-state index contributed by atoms with van der Waals surface area (Å²) in [5.74, 6) is -4.02. The summed E-state index contributed by atoms with van der Waals surface area (Å²) in [7, 11) is 0. The Kier molecular flexibility index (Phi) is 44.5. The van der Waals surface area contributed by atoms with Crippen LogP contribution >= 0.6 is 0 Å². The normalized spacial score (nSPS) is 28.6. The van der Waals surface area contributed by atoms with Gasteiger partial charge in [-0.15, -0.1) is 0 Å². The number of ether oxygens (including phenoxy) is 7. The van der Waals surface area contributed by atoms with Crippen LogP contribution in [0.25, 0.3) is 0 Å². The zero-order valence-corrected chi connectivity index (χ0v) is 61.5. The van der Waals surface area contributed by atoms with Crippen LogP contribution in [0.15, 0.2) is 0 Å². The van der Waals surface area contributed by atoms with Crippen molar-refractivity contribution in [1.82, 2.24) is 47.9 Å². The molecule has 0 aromatic rings. The van der Waals surface area contributed by atoms with Crippen LogP contribution in [0.1, 0.15) is 188 Å². The highest BCUT2D eigenvalue weighted by Crippen LogP contribution is 2.29. The fourth-order valence-electron chi connectivity index (χ4n) is 12.8. The van der Waals surface area contributed by atoms with E-state index < -0.39 is 195 Å². The molecule has 0 bridgehead atoms. The van der Waals surface area contributed by atoms with Crippen molar-refractivity contribution in [3.63, 3.8) is 0 Å².